The topological polar surface area (TPSA) is 59.1 Å². The van der Waals surface area contributed by atoms with Gasteiger partial charge in [0.2, 0.25) is 11.8 Å². The van der Waals surface area contributed by atoms with Crippen LogP contribution in [0.25, 0.3) is 0 Å². The standard InChI is InChI=1S/C23H26Cl2N2O4/c1-26(13-16-4-6-18(24)19(25)10-16)23(29)17-12-22(28)27(14-17)9-8-15-5-7-20(30-2)21(11-15)31-3/h4-7,10-11,17H,8-9,12-14H2,1-3H3. The monoisotopic (exact) mass is 464 g/mol. The summed E-state index contributed by atoms with van der Waals surface area (Å²) in [6.07, 6.45) is 0.905. The summed E-state index contributed by atoms with van der Waals surface area (Å²) in [5.41, 5.74) is 1.93. The van der Waals surface area contributed by atoms with Crippen molar-refractivity contribution in [1.29, 1.82) is 0 Å². The lowest BCUT2D eigenvalue weighted by Gasteiger charge is -2.22. The zero-order valence-electron chi connectivity index (χ0n) is 17.9. The molecule has 0 bridgehead atoms. The Hall–Kier alpha value is -2.44. The van der Waals surface area contributed by atoms with Gasteiger partial charge in [0.25, 0.3) is 0 Å². The predicted molar refractivity (Wildman–Crippen MR) is 121 cm³/mol. The number of carbonyl (C=O) groups excluding carboxylic acids is 2. The first-order valence-corrected chi connectivity index (χ1v) is 10.8. The van der Waals surface area contributed by atoms with Crippen LogP contribution in [0.2, 0.25) is 10.0 Å². The number of carbonyl (C=O) groups is 2. The molecule has 1 unspecified atom stereocenters. The summed E-state index contributed by atoms with van der Waals surface area (Å²) in [5.74, 6) is 0.935. The first-order valence-electron chi connectivity index (χ1n) is 10.00. The predicted octanol–water partition coefficient (Wildman–Crippen LogP) is 4.06. The molecule has 0 N–H and O–H groups in total. The van der Waals surface area contributed by atoms with Gasteiger partial charge in [0, 0.05) is 33.1 Å². The molecule has 0 aromatic heterocycles. The zero-order valence-corrected chi connectivity index (χ0v) is 19.4. The van der Waals surface area contributed by atoms with E-state index >= 15 is 0 Å². The van der Waals surface area contributed by atoms with E-state index in [1.165, 1.54) is 0 Å². The molecular formula is C23H26Cl2N2O4. The highest BCUT2D eigenvalue weighted by Crippen LogP contribution is 2.28. The van der Waals surface area contributed by atoms with Crippen LogP contribution >= 0.6 is 23.2 Å². The highest BCUT2D eigenvalue weighted by molar-refractivity contribution is 6.42. The van der Waals surface area contributed by atoms with Crippen LogP contribution in [0.4, 0.5) is 0 Å². The molecule has 166 valence electrons. The minimum absolute atomic E-state index is 0.00163. The molecule has 0 spiro atoms. The molecule has 0 saturated carbocycles. The van der Waals surface area contributed by atoms with E-state index in [4.69, 9.17) is 32.7 Å². The van der Waals surface area contributed by atoms with Crippen LogP contribution in [-0.4, -0.2) is 56.0 Å². The second-order valence-corrected chi connectivity index (χ2v) is 8.44. The van der Waals surface area contributed by atoms with Crippen LogP contribution in [0, 0.1) is 5.92 Å². The van der Waals surface area contributed by atoms with E-state index in [-0.39, 0.29) is 24.2 Å². The zero-order chi connectivity index (χ0) is 22.5. The molecule has 2 amide bonds. The van der Waals surface area contributed by atoms with Crippen molar-refractivity contribution in [3.8, 4) is 11.5 Å². The maximum absolute atomic E-state index is 12.9. The minimum Gasteiger partial charge on any atom is -0.493 e. The fourth-order valence-electron chi connectivity index (χ4n) is 3.76. The number of hydrogen-bond donors (Lipinski definition) is 0. The Labute approximate surface area is 192 Å². The number of hydrogen-bond acceptors (Lipinski definition) is 4. The smallest absolute Gasteiger partial charge is 0.228 e. The number of nitrogens with zero attached hydrogens (tertiary/aromatic N) is 2. The van der Waals surface area contributed by atoms with Gasteiger partial charge >= 0.3 is 0 Å². The maximum atomic E-state index is 12.9. The van der Waals surface area contributed by atoms with Crippen molar-refractivity contribution in [2.45, 2.75) is 19.4 Å². The number of likely N-dealkylation sites (tertiary alicyclic amines) is 1. The Morgan fingerprint density at radius 1 is 1.06 bits per heavy atom. The van der Waals surface area contributed by atoms with Crippen LogP contribution in [0.15, 0.2) is 36.4 Å². The third kappa shape index (κ3) is 5.63. The van der Waals surface area contributed by atoms with Crippen molar-refractivity contribution >= 4 is 35.0 Å². The number of amides is 2. The molecule has 1 aliphatic heterocycles. The number of methoxy groups -OCH3 is 2. The Balaban J connectivity index is 1.56. The summed E-state index contributed by atoms with van der Waals surface area (Å²) in [7, 11) is 4.92. The van der Waals surface area contributed by atoms with E-state index < -0.39 is 0 Å². The summed E-state index contributed by atoms with van der Waals surface area (Å²) in [6, 6.07) is 11.0. The molecule has 1 atom stereocenters. The summed E-state index contributed by atoms with van der Waals surface area (Å²) < 4.78 is 10.6. The number of halogens is 2. The fraction of sp³-hybridized carbons (Fsp3) is 0.391. The molecule has 8 heteroatoms. The number of ether oxygens (including phenoxy) is 2. The lowest BCUT2D eigenvalue weighted by Crippen LogP contribution is -2.34. The van der Waals surface area contributed by atoms with Crippen molar-refractivity contribution in [2.24, 2.45) is 5.92 Å². The molecule has 2 aromatic rings. The van der Waals surface area contributed by atoms with Gasteiger partial charge in [-0.3, -0.25) is 9.59 Å². The second kappa shape index (κ2) is 10.2. The molecule has 1 fully saturated rings. The van der Waals surface area contributed by atoms with Gasteiger partial charge in [-0.25, -0.2) is 0 Å². The third-order valence-electron chi connectivity index (χ3n) is 5.46. The van der Waals surface area contributed by atoms with Crippen molar-refractivity contribution in [1.82, 2.24) is 9.80 Å². The van der Waals surface area contributed by atoms with Gasteiger partial charge in [0.05, 0.1) is 30.2 Å². The largest absolute Gasteiger partial charge is 0.493 e. The van der Waals surface area contributed by atoms with Crippen molar-refractivity contribution in [2.75, 3.05) is 34.4 Å². The summed E-state index contributed by atoms with van der Waals surface area (Å²) in [4.78, 5) is 28.7. The summed E-state index contributed by atoms with van der Waals surface area (Å²) >= 11 is 12.0. The van der Waals surface area contributed by atoms with E-state index in [1.807, 2.05) is 24.3 Å². The fourth-order valence-corrected chi connectivity index (χ4v) is 4.08. The van der Waals surface area contributed by atoms with Crippen LogP contribution in [0.1, 0.15) is 17.5 Å². The van der Waals surface area contributed by atoms with Crippen LogP contribution in [0.5, 0.6) is 11.5 Å². The molecule has 3 rings (SSSR count). The number of benzene rings is 2. The molecule has 31 heavy (non-hydrogen) atoms. The Kier molecular flexibility index (Phi) is 7.68. The first kappa shape index (κ1) is 23.2. The second-order valence-electron chi connectivity index (χ2n) is 7.62. The van der Waals surface area contributed by atoms with Gasteiger partial charge < -0.3 is 19.3 Å². The lowest BCUT2D eigenvalue weighted by atomic mass is 10.1. The Morgan fingerprint density at radius 2 is 1.77 bits per heavy atom. The summed E-state index contributed by atoms with van der Waals surface area (Å²) in [6.45, 7) is 1.39. The Morgan fingerprint density at radius 3 is 2.45 bits per heavy atom. The van der Waals surface area contributed by atoms with Gasteiger partial charge in [-0.05, 0) is 41.8 Å². The van der Waals surface area contributed by atoms with Gasteiger partial charge in [0.1, 0.15) is 0 Å². The van der Waals surface area contributed by atoms with Gasteiger partial charge in [-0.2, -0.15) is 0 Å². The molecule has 6 nitrogen and oxygen atoms in total. The summed E-state index contributed by atoms with van der Waals surface area (Å²) in [5, 5.41) is 0.934. The molecule has 0 radical (unpaired) electrons. The third-order valence-corrected chi connectivity index (χ3v) is 6.20. The van der Waals surface area contributed by atoms with Gasteiger partial charge in [0.15, 0.2) is 11.5 Å². The van der Waals surface area contributed by atoms with Crippen LogP contribution in [-0.2, 0) is 22.6 Å². The van der Waals surface area contributed by atoms with E-state index in [1.54, 1.807) is 43.2 Å². The average molecular weight is 465 g/mol. The van der Waals surface area contributed by atoms with E-state index in [0.717, 1.165) is 11.1 Å². The minimum atomic E-state index is -0.342. The normalized spacial score (nSPS) is 15.8. The molecule has 1 saturated heterocycles. The van der Waals surface area contributed by atoms with Crippen molar-refractivity contribution < 1.29 is 19.1 Å². The average Bonchev–Trinajstić information content (AvgIpc) is 3.14. The molecule has 2 aromatic carbocycles. The van der Waals surface area contributed by atoms with Crippen molar-refractivity contribution in [3.63, 3.8) is 0 Å². The lowest BCUT2D eigenvalue weighted by molar-refractivity contribution is -0.135. The highest BCUT2D eigenvalue weighted by atomic mass is 35.5. The van der Waals surface area contributed by atoms with Gasteiger partial charge in [-0.1, -0.05) is 35.3 Å². The van der Waals surface area contributed by atoms with Crippen LogP contribution in [0.3, 0.4) is 0 Å². The quantitative estimate of drug-likeness (QED) is 0.590. The molecule has 0 aliphatic carbocycles. The maximum Gasteiger partial charge on any atom is 0.228 e. The van der Waals surface area contributed by atoms with Crippen LogP contribution < -0.4 is 9.47 Å². The van der Waals surface area contributed by atoms with Crippen molar-refractivity contribution in [3.05, 3.63) is 57.6 Å². The Bertz CT molecular complexity index is 967. The van der Waals surface area contributed by atoms with E-state index in [2.05, 4.69) is 0 Å². The van der Waals surface area contributed by atoms with E-state index in [0.29, 0.717) is 47.6 Å². The SMILES string of the molecule is COc1ccc(CCN2CC(C(=O)N(C)Cc3ccc(Cl)c(Cl)c3)CC2=O)cc1OC. The van der Waals surface area contributed by atoms with E-state index in [9.17, 15) is 9.59 Å². The molecule has 1 heterocycles. The van der Waals surface area contributed by atoms with Gasteiger partial charge in [-0.15, -0.1) is 0 Å². The number of rotatable bonds is 8. The molecular weight excluding hydrogens is 439 g/mol. The first-order chi connectivity index (χ1) is 14.8. The molecule has 1 aliphatic rings. The highest BCUT2D eigenvalue weighted by Gasteiger charge is 2.35.